The van der Waals surface area contributed by atoms with Crippen molar-refractivity contribution in [2.75, 3.05) is 0 Å². The Hall–Kier alpha value is -1.97. The molecular formula is C13H13FN2O. The second kappa shape index (κ2) is 4.91. The third kappa shape index (κ3) is 2.41. The average Bonchev–Trinajstić information content (AvgIpc) is 2.82. The maximum absolute atomic E-state index is 13.9. The van der Waals surface area contributed by atoms with Crippen molar-refractivity contribution in [2.45, 2.75) is 19.3 Å². The van der Waals surface area contributed by atoms with E-state index in [1.165, 1.54) is 10.7 Å². The van der Waals surface area contributed by atoms with E-state index >= 15 is 0 Å². The van der Waals surface area contributed by atoms with Gasteiger partial charge in [-0.25, -0.2) is 9.07 Å². The molecule has 1 atom stereocenters. The molecule has 2 aromatic rings. The maximum Gasteiger partial charge on any atom is 0.149 e. The number of aldehydes is 1. The molecule has 0 radical (unpaired) electrons. The highest BCUT2D eigenvalue weighted by Crippen LogP contribution is 2.22. The molecule has 2 rings (SSSR count). The average molecular weight is 232 g/mol. The van der Waals surface area contributed by atoms with Gasteiger partial charge in [-0.3, -0.25) is 0 Å². The minimum Gasteiger partial charge on any atom is -0.303 e. The second-order valence-corrected chi connectivity index (χ2v) is 3.96. The number of halogens is 1. The molecule has 0 fully saturated rings. The Bertz CT molecular complexity index is 508. The summed E-state index contributed by atoms with van der Waals surface area (Å²) in [6, 6.07) is 6.71. The zero-order valence-electron chi connectivity index (χ0n) is 9.51. The lowest BCUT2D eigenvalue weighted by molar-refractivity contribution is -0.108. The van der Waals surface area contributed by atoms with Gasteiger partial charge in [-0.2, -0.15) is 5.10 Å². The first kappa shape index (κ1) is 11.5. The Balaban J connectivity index is 2.32. The molecule has 0 N–H and O–H groups in total. The summed E-state index contributed by atoms with van der Waals surface area (Å²) < 4.78 is 15.3. The zero-order valence-corrected chi connectivity index (χ0v) is 9.51. The Morgan fingerprint density at radius 1 is 1.53 bits per heavy atom. The fourth-order valence-electron chi connectivity index (χ4n) is 1.71. The van der Waals surface area contributed by atoms with Crippen molar-refractivity contribution in [1.29, 1.82) is 0 Å². The van der Waals surface area contributed by atoms with Crippen LogP contribution in [0.4, 0.5) is 4.39 Å². The molecule has 0 aliphatic carbocycles. The first-order valence-corrected chi connectivity index (χ1v) is 5.45. The van der Waals surface area contributed by atoms with Crippen LogP contribution in [-0.2, 0) is 4.79 Å². The molecule has 1 aromatic carbocycles. The summed E-state index contributed by atoms with van der Waals surface area (Å²) in [5, 5.41) is 3.98. The minimum atomic E-state index is -0.330. The highest BCUT2D eigenvalue weighted by molar-refractivity contribution is 5.51. The van der Waals surface area contributed by atoms with Crippen LogP contribution in [0, 0.1) is 5.82 Å². The lowest BCUT2D eigenvalue weighted by Crippen LogP contribution is -2.01. The van der Waals surface area contributed by atoms with E-state index in [0.717, 1.165) is 11.8 Å². The van der Waals surface area contributed by atoms with Crippen LogP contribution in [0.3, 0.4) is 0 Å². The summed E-state index contributed by atoms with van der Waals surface area (Å²) in [5.74, 6) is -0.294. The molecule has 0 aliphatic rings. The van der Waals surface area contributed by atoms with Crippen LogP contribution in [0.2, 0.25) is 0 Å². The Morgan fingerprint density at radius 2 is 2.35 bits per heavy atom. The van der Waals surface area contributed by atoms with Gasteiger partial charge in [0.1, 0.15) is 17.8 Å². The van der Waals surface area contributed by atoms with E-state index in [0.29, 0.717) is 12.1 Å². The molecule has 1 heterocycles. The van der Waals surface area contributed by atoms with Gasteiger partial charge in [0.25, 0.3) is 0 Å². The molecule has 0 aliphatic heterocycles. The van der Waals surface area contributed by atoms with E-state index < -0.39 is 0 Å². The fraction of sp³-hybridized carbons (Fsp3) is 0.231. The van der Waals surface area contributed by atoms with E-state index in [4.69, 9.17) is 0 Å². The third-order valence-electron chi connectivity index (χ3n) is 2.74. The maximum atomic E-state index is 13.9. The number of rotatable bonds is 4. The number of carbonyl (C=O) groups excluding carboxylic acids is 1. The van der Waals surface area contributed by atoms with Crippen LogP contribution in [0.15, 0.2) is 36.7 Å². The van der Waals surface area contributed by atoms with Crippen molar-refractivity contribution in [2.24, 2.45) is 0 Å². The number of hydrogen-bond acceptors (Lipinski definition) is 2. The first-order chi connectivity index (χ1) is 8.22. The van der Waals surface area contributed by atoms with Gasteiger partial charge < -0.3 is 4.79 Å². The fourth-order valence-corrected chi connectivity index (χ4v) is 1.71. The summed E-state index contributed by atoms with van der Waals surface area (Å²) in [7, 11) is 0. The lowest BCUT2D eigenvalue weighted by Gasteiger charge is -2.10. The van der Waals surface area contributed by atoms with Crippen molar-refractivity contribution in [1.82, 2.24) is 9.78 Å². The van der Waals surface area contributed by atoms with Gasteiger partial charge in [0.15, 0.2) is 0 Å². The lowest BCUT2D eigenvalue weighted by atomic mass is 9.98. The van der Waals surface area contributed by atoms with Gasteiger partial charge in [0.2, 0.25) is 0 Å². The van der Waals surface area contributed by atoms with E-state index in [-0.39, 0.29) is 11.7 Å². The van der Waals surface area contributed by atoms with Crippen molar-refractivity contribution >= 4 is 6.29 Å². The van der Waals surface area contributed by atoms with E-state index in [2.05, 4.69) is 5.10 Å². The monoisotopic (exact) mass is 232 g/mol. The number of carbonyl (C=O) groups is 1. The van der Waals surface area contributed by atoms with Gasteiger partial charge in [0.05, 0.1) is 0 Å². The number of hydrogen-bond donors (Lipinski definition) is 0. The predicted octanol–water partition coefficient (Wildman–Crippen LogP) is 2.70. The SMILES string of the molecule is CC(CC=O)c1ccc(-n2cccn2)c(F)c1. The van der Waals surface area contributed by atoms with Crippen molar-refractivity contribution in [3.8, 4) is 5.69 Å². The van der Waals surface area contributed by atoms with Crippen molar-refractivity contribution < 1.29 is 9.18 Å². The smallest absolute Gasteiger partial charge is 0.149 e. The van der Waals surface area contributed by atoms with Crippen LogP contribution in [-0.4, -0.2) is 16.1 Å². The Labute approximate surface area is 98.9 Å². The Morgan fingerprint density at radius 3 is 2.94 bits per heavy atom. The summed E-state index contributed by atoms with van der Waals surface area (Å²) in [6.07, 6.45) is 4.54. The van der Waals surface area contributed by atoms with E-state index in [9.17, 15) is 9.18 Å². The molecule has 0 spiro atoms. The molecular weight excluding hydrogens is 219 g/mol. The summed E-state index contributed by atoms with van der Waals surface area (Å²) in [4.78, 5) is 10.4. The predicted molar refractivity (Wildman–Crippen MR) is 62.6 cm³/mol. The summed E-state index contributed by atoms with van der Waals surface area (Å²) in [6.45, 7) is 1.90. The number of aromatic nitrogens is 2. The molecule has 88 valence electrons. The normalized spacial score (nSPS) is 12.4. The van der Waals surface area contributed by atoms with Crippen molar-refractivity contribution in [3.05, 3.63) is 48.0 Å². The topological polar surface area (TPSA) is 34.9 Å². The summed E-state index contributed by atoms with van der Waals surface area (Å²) >= 11 is 0. The van der Waals surface area contributed by atoms with Gasteiger partial charge >= 0.3 is 0 Å². The quantitative estimate of drug-likeness (QED) is 0.760. The zero-order chi connectivity index (χ0) is 12.3. The summed E-state index contributed by atoms with van der Waals surface area (Å²) in [5.41, 5.74) is 1.24. The van der Waals surface area contributed by atoms with Crippen LogP contribution >= 0.6 is 0 Å². The van der Waals surface area contributed by atoms with Crippen molar-refractivity contribution in [3.63, 3.8) is 0 Å². The largest absolute Gasteiger partial charge is 0.303 e. The van der Waals surface area contributed by atoms with Crippen LogP contribution in [0.1, 0.15) is 24.8 Å². The first-order valence-electron chi connectivity index (χ1n) is 5.45. The number of benzene rings is 1. The Kier molecular flexibility index (Phi) is 3.32. The molecule has 1 unspecified atom stereocenters. The van der Waals surface area contributed by atoms with Gasteiger partial charge in [-0.1, -0.05) is 13.0 Å². The highest BCUT2D eigenvalue weighted by atomic mass is 19.1. The third-order valence-corrected chi connectivity index (χ3v) is 2.74. The van der Waals surface area contributed by atoms with Gasteiger partial charge in [-0.15, -0.1) is 0 Å². The molecule has 17 heavy (non-hydrogen) atoms. The molecule has 0 bridgehead atoms. The molecule has 0 amide bonds. The van der Waals surface area contributed by atoms with E-state index in [1.807, 2.05) is 13.0 Å². The second-order valence-electron chi connectivity index (χ2n) is 3.96. The standard InChI is InChI=1S/C13H13FN2O/c1-10(5-8-17)11-3-4-13(12(14)9-11)16-7-2-6-15-16/h2-4,6-10H,5H2,1H3. The van der Waals surface area contributed by atoms with E-state index in [1.54, 1.807) is 24.5 Å². The van der Waals surface area contributed by atoms with Gasteiger partial charge in [0, 0.05) is 18.8 Å². The highest BCUT2D eigenvalue weighted by Gasteiger charge is 2.10. The molecule has 3 nitrogen and oxygen atoms in total. The van der Waals surface area contributed by atoms with Gasteiger partial charge in [-0.05, 0) is 29.7 Å². The molecule has 1 aromatic heterocycles. The van der Waals surface area contributed by atoms with Crippen LogP contribution < -0.4 is 0 Å². The molecule has 0 saturated heterocycles. The van der Waals surface area contributed by atoms with Crippen LogP contribution in [0.25, 0.3) is 5.69 Å². The molecule has 0 saturated carbocycles. The number of nitrogens with zero attached hydrogens (tertiary/aromatic N) is 2. The molecule has 4 heteroatoms. The van der Waals surface area contributed by atoms with Crippen LogP contribution in [0.5, 0.6) is 0 Å². The minimum absolute atomic E-state index is 0.0358.